The molecule has 0 saturated heterocycles. The topological polar surface area (TPSA) is 43.6 Å². The summed E-state index contributed by atoms with van der Waals surface area (Å²) in [6.45, 7) is 8.54. The van der Waals surface area contributed by atoms with Crippen molar-refractivity contribution in [1.29, 1.82) is 0 Å². The van der Waals surface area contributed by atoms with Gasteiger partial charge in [0.05, 0.1) is 11.2 Å². The molecular weight excluding hydrogens is 749 g/mol. The Morgan fingerprint density at radius 1 is 0.533 bits per heavy atom. The Kier molecular flexibility index (Phi) is 7.81. The molecule has 0 saturated carbocycles. The van der Waals surface area contributed by atoms with Crippen LogP contribution < -0.4 is 0 Å². The summed E-state index contributed by atoms with van der Waals surface area (Å²) in [5.74, 6) is 1.90. The number of fused-ring (bicyclic) bond motifs is 7. The Morgan fingerprint density at radius 3 is 1.87 bits per heavy atom. The third-order valence-electron chi connectivity index (χ3n) is 12.2. The molecule has 0 aliphatic heterocycles. The third kappa shape index (κ3) is 5.26. The molecule has 0 fully saturated rings. The lowest BCUT2D eigenvalue weighted by Crippen LogP contribution is -2.01. The summed E-state index contributed by atoms with van der Waals surface area (Å²) in [6.07, 6.45) is 10.8. The van der Waals surface area contributed by atoms with Crippen molar-refractivity contribution in [2.24, 2.45) is 0 Å². The molecule has 0 unspecified atom stereocenters. The Bertz CT molecular complexity index is 3440. The molecule has 2 aliphatic rings. The van der Waals surface area contributed by atoms with E-state index < -0.39 is 0 Å². The molecule has 7 aromatic carbocycles. The average molecular weight is 785 g/mol. The Morgan fingerprint density at radius 2 is 1.18 bits per heavy atom. The second kappa shape index (κ2) is 13.6. The molecule has 0 radical (unpaired) electrons. The number of benzene rings is 7. The van der Waals surface area contributed by atoms with Crippen LogP contribution in [-0.4, -0.2) is 19.5 Å². The monoisotopic (exact) mass is 784 g/mol. The van der Waals surface area contributed by atoms with Gasteiger partial charge in [-0.25, -0.2) is 15.0 Å². The molecule has 3 aromatic heterocycles. The van der Waals surface area contributed by atoms with E-state index in [1.165, 1.54) is 64.3 Å². The van der Waals surface area contributed by atoms with Gasteiger partial charge in [0.15, 0.2) is 17.5 Å². The molecule has 60 heavy (non-hydrogen) atoms. The van der Waals surface area contributed by atoms with E-state index in [1.807, 2.05) is 84.2 Å². The van der Waals surface area contributed by atoms with Gasteiger partial charge in [-0.15, -0.1) is 11.3 Å². The molecule has 282 valence electrons. The fourth-order valence-corrected chi connectivity index (χ4v) is 10.6. The lowest BCUT2D eigenvalue weighted by atomic mass is 9.94. The first-order valence-electron chi connectivity index (χ1n) is 20.4. The van der Waals surface area contributed by atoms with Crippen LogP contribution in [0.25, 0.3) is 116 Å². The molecule has 0 N–H and O–H groups in total. The summed E-state index contributed by atoms with van der Waals surface area (Å²) in [4.78, 5) is 14.8. The van der Waals surface area contributed by atoms with Crippen LogP contribution >= 0.6 is 11.3 Å². The van der Waals surface area contributed by atoms with Gasteiger partial charge in [-0.1, -0.05) is 122 Å². The van der Waals surface area contributed by atoms with Crippen LogP contribution in [0.15, 0.2) is 171 Å². The van der Waals surface area contributed by atoms with Gasteiger partial charge in [0.2, 0.25) is 0 Å². The van der Waals surface area contributed by atoms with E-state index in [4.69, 9.17) is 15.0 Å². The molecule has 0 atom stereocenters. The lowest BCUT2D eigenvalue weighted by molar-refractivity contribution is 1.06. The van der Waals surface area contributed by atoms with Crippen LogP contribution in [0.4, 0.5) is 0 Å². The summed E-state index contributed by atoms with van der Waals surface area (Å²) >= 11 is 1.91. The van der Waals surface area contributed by atoms with E-state index in [-0.39, 0.29) is 0 Å². The zero-order valence-corrected chi connectivity index (χ0v) is 33.5. The predicted molar refractivity (Wildman–Crippen MR) is 254 cm³/mol. The number of aromatic nitrogens is 4. The highest BCUT2D eigenvalue weighted by molar-refractivity contribution is 7.26. The van der Waals surface area contributed by atoms with Crippen LogP contribution in [-0.2, 0) is 0 Å². The van der Waals surface area contributed by atoms with Gasteiger partial charge in [0, 0.05) is 53.5 Å². The third-order valence-corrected chi connectivity index (χ3v) is 13.4. The van der Waals surface area contributed by atoms with Gasteiger partial charge >= 0.3 is 0 Å². The second-order valence-corrected chi connectivity index (χ2v) is 16.6. The van der Waals surface area contributed by atoms with E-state index in [1.54, 1.807) is 0 Å². The lowest BCUT2D eigenvalue weighted by Gasteiger charge is -2.12. The Labute approximate surface area is 351 Å². The zero-order chi connectivity index (χ0) is 39.9. The van der Waals surface area contributed by atoms with Crippen LogP contribution in [0.5, 0.6) is 0 Å². The minimum Gasteiger partial charge on any atom is -0.309 e. The maximum atomic E-state index is 4.95. The zero-order valence-electron chi connectivity index (χ0n) is 32.7. The second-order valence-electron chi connectivity index (χ2n) is 15.5. The van der Waals surface area contributed by atoms with Crippen LogP contribution in [0.2, 0.25) is 0 Å². The fraction of sp³-hybridized carbons (Fsp3) is 0.0364. The highest BCUT2D eigenvalue weighted by atomic mass is 32.1. The van der Waals surface area contributed by atoms with E-state index in [9.17, 15) is 0 Å². The number of allylic oxidation sites excluding steroid dienone is 4. The minimum absolute atomic E-state index is 0.622. The normalized spacial score (nSPS) is 13.2. The molecule has 10 aromatic rings. The summed E-state index contributed by atoms with van der Waals surface area (Å²) < 4.78 is 4.95. The van der Waals surface area contributed by atoms with Crippen LogP contribution in [0.3, 0.4) is 0 Å². The van der Waals surface area contributed by atoms with Crippen molar-refractivity contribution in [2.45, 2.75) is 12.8 Å². The number of nitrogens with zero attached hydrogens (tertiary/aromatic N) is 4. The number of hydrogen-bond donors (Lipinski definition) is 0. The molecule has 4 nitrogen and oxygen atoms in total. The van der Waals surface area contributed by atoms with Crippen LogP contribution in [0, 0.1) is 0 Å². The molecule has 0 spiro atoms. The average Bonchev–Trinajstić information content (AvgIpc) is 3.97. The fourth-order valence-electron chi connectivity index (χ4n) is 9.49. The molecular formula is C55H36N4S. The highest BCUT2D eigenvalue weighted by Crippen LogP contribution is 2.51. The van der Waals surface area contributed by atoms with Gasteiger partial charge < -0.3 is 4.57 Å². The molecule has 3 heterocycles. The summed E-state index contributed by atoms with van der Waals surface area (Å²) in [7, 11) is 0. The minimum atomic E-state index is 0.622. The summed E-state index contributed by atoms with van der Waals surface area (Å²) in [5, 5.41) is 6.58. The van der Waals surface area contributed by atoms with Gasteiger partial charge in [-0.05, 0) is 118 Å². The van der Waals surface area contributed by atoms with E-state index in [2.05, 4.69) is 115 Å². The molecule has 0 bridgehead atoms. The Balaban J connectivity index is 0.950. The van der Waals surface area contributed by atoms with E-state index >= 15 is 0 Å². The largest absolute Gasteiger partial charge is 0.309 e. The van der Waals surface area contributed by atoms with Crippen molar-refractivity contribution in [2.75, 3.05) is 0 Å². The number of thiophene rings is 1. The van der Waals surface area contributed by atoms with E-state index in [0.717, 1.165) is 57.4 Å². The first-order chi connectivity index (χ1) is 29.6. The number of rotatable bonds is 7. The number of hydrogen-bond acceptors (Lipinski definition) is 4. The van der Waals surface area contributed by atoms with Crippen molar-refractivity contribution in [3.05, 3.63) is 193 Å². The van der Waals surface area contributed by atoms with Crippen molar-refractivity contribution < 1.29 is 0 Å². The van der Waals surface area contributed by atoms with Crippen molar-refractivity contribution in [3.8, 4) is 51.0 Å². The van der Waals surface area contributed by atoms with Gasteiger partial charge in [0.25, 0.3) is 0 Å². The van der Waals surface area contributed by atoms with Gasteiger partial charge in [-0.2, -0.15) is 0 Å². The van der Waals surface area contributed by atoms with Crippen molar-refractivity contribution in [3.63, 3.8) is 0 Å². The Hall–Kier alpha value is -7.47. The quantitative estimate of drug-likeness (QED) is 0.162. The summed E-state index contributed by atoms with van der Waals surface area (Å²) in [5.41, 5.74) is 15.0. The predicted octanol–water partition coefficient (Wildman–Crippen LogP) is 14.9. The molecule has 12 rings (SSSR count). The maximum Gasteiger partial charge on any atom is 0.164 e. The van der Waals surface area contributed by atoms with Crippen molar-refractivity contribution in [1.82, 2.24) is 19.5 Å². The highest BCUT2D eigenvalue weighted by Gasteiger charge is 2.26. The first-order valence-corrected chi connectivity index (χ1v) is 21.2. The summed E-state index contributed by atoms with van der Waals surface area (Å²) in [6, 6.07) is 51.7. The molecule has 0 amide bonds. The standard InChI is InChI=1S/C55H36N4S/c1-3-39-44-30-36(37-25-29-49-46(31-37)52-43-21-13-20-42-40-18-11-12-19-41(40)45(51(42)43)32-50(52)60-49)24-28-48(44)59(47(39)4-2)38-26-22-35(23-27-38)55-57-53(33-14-7-5-8-15-33)56-54(58-55)34-16-9-6-10-17-34/h3-11,13-18,20-32H,1-2,12,19H2. The smallest absolute Gasteiger partial charge is 0.164 e. The van der Waals surface area contributed by atoms with Gasteiger partial charge in [0.1, 0.15) is 0 Å². The van der Waals surface area contributed by atoms with Crippen LogP contribution in [0.1, 0.15) is 35.2 Å². The van der Waals surface area contributed by atoms with Crippen molar-refractivity contribution >= 4 is 76.5 Å². The SMILES string of the molecule is C=Cc1c(C=C)n(-c2ccc(-c3nc(-c4ccccc4)nc(-c4ccccc4)n3)cc2)c2ccc(-c3ccc4sc5cc6c7c(cccc7c5c4c3)C3=C6CCC=C3)cc12. The maximum absolute atomic E-state index is 4.95. The first kappa shape index (κ1) is 34.6. The molecule has 5 heteroatoms. The van der Waals surface area contributed by atoms with Gasteiger partial charge in [-0.3, -0.25) is 0 Å². The molecule has 2 aliphatic carbocycles. The van der Waals surface area contributed by atoms with E-state index in [0.29, 0.717) is 17.5 Å².